The number of hydrogen-bond donors (Lipinski definition) is 0. The molecule has 0 spiro atoms. The number of carbonyl (C=O) groups excluding carboxylic acids is 1. The Hall–Kier alpha value is -1.22. The summed E-state index contributed by atoms with van der Waals surface area (Å²) >= 11 is 0. The normalized spacial score (nSPS) is 10.7. The van der Waals surface area contributed by atoms with Crippen LogP contribution in [0, 0.1) is 0 Å². The molecule has 3 nitrogen and oxygen atoms in total. The molecule has 0 aliphatic heterocycles. The molecule has 0 N–H and O–H groups in total. The third-order valence-corrected chi connectivity index (χ3v) is 2.51. The molecule has 0 bridgehead atoms. The van der Waals surface area contributed by atoms with Crippen LogP contribution >= 0.6 is 0 Å². The van der Waals surface area contributed by atoms with Crippen molar-refractivity contribution in [3.63, 3.8) is 0 Å². The van der Waals surface area contributed by atoms with Crippen molar-refractivity contribution in [3.8, 4) is 0 Å². The lowest BCUT2D eigenvalue weighted by atomic mass is 10.2. The Morgan fingerprint density at radius 3 is 2.69 bits per heavy atom. The molecule has 0 aliphatic rings. The van der Waals surface area contributed by atoms with Gasteiger partial charge in [0, 0.05) is 25.4 Å². The van der Waals surface area contributed by atoms with Gasteiger partial charge < -0.3 is 0 Å². The first kappa shape index (κ1) is 12.8. The highest BCUT2D eigenvalue weighted by molar-refractivity contribution is 5.80. The van der Waals surface area contributed by atoms with Gasteiger partial charge in [0.25, 0.3) is 0 Å². The summed E-state index contributed by atoms with van der Waals surface area (Å²) in [6, 6.07) is 4.03. The molecule has 0 amide bonds. The van der Waals surface area contributed by atoms with E-state index in [-0.39, 0.29) is 0 Å². The molecule has 16 heavy (non-hydrogen) atoms. The average Bonchev–Trinajstić information content (AvgIpc) is 2.28. The fourth-order valence-electron chi connectivity index (χ4n) is 1.61. The van der Waals surface area contributed by atoms with Crippen LogP contribution < -0.4 is 0 Å². The second-order valence-electron chi connectivity index (χ2n) is 4.13. The zero-order chi connectivity index (χ0) is 11.8. The number of likely N-dealkylation sites (N-methyl/N-ethyl adjacent to an activating group) is 1. The minimum absolute atomic E-state index is 0.333. The van der Waals surface area contributed by atoms with Gasteiger partial charge in [0.05, 0.1) is 6.54 Å². The van der Waals surface area contributed by atoms with Crippen molar-refractivity contribution in [1.29, 1.82) is 0 Å². The molecule has 1 heterocycles. The van der Waals surface area contributed by atoms with Crippen molar-refractivity contribution >= 4 is 5.78 Å². The van der Waals surface area contributed by atoms with E-state index in [1.165, 1.54) is 5.56 Å². The molecule has 3 heteroatoms. The van der Waals surface area contributed by atoms with Crippen LogP contribution in [0.2, 0.25) is 0 Å². The molecular weight excluding hydrogens is 200 g/mol. The number of ketones is 1. The predicted octanol–water partition coefficient (Wildman–Crippen LogP) is 1.93. The topological polar surface area (TPSA) is 33.2 Å². The van der Waals surface area contributed by atoms with Gasteiger partial charge >= 0.3 is 0 Å². The third kappa shape index (κ3) is 5.03. The Balaban J connectivity index is 2.25. The van der Waals surface area contributed by atoms with Gasteiger partial charge in [-0.1, -0.05) is 6.92 Å². The maximum Gasteiger partial charge on any atom is 0.146 e. The van der Waals surface area contributed by atoms with Crippen LogP contribution in [-0.4, -0.2) is 35.8 Å². The summed E-state index contributed by atoms with van der Waals surface area (Å²) in [5.41, 5.74) is 1.27. The van der Waals surface area contributed by atoms with E-state index in [4.69, 9.17) is 0 Å². The van der Waals surface area contributed by atoms with Crippen LogP contribution in [0.15, 0.2) is 24.5 Å². The van der Waals surface area contributed by atoms with Gasteiger partial charge in [-0.3, -0.25) is 14.7 Å². The van der Waals surface area contributed by atoms with E-state index in [1.54, 1.807) is 12.4 Å². The quantitative estimate of drug-likeness (QED) is 0.704. The second-order valence-corrected chi connectivity index (χ2v) is 4.13. The summed E-state index contributed by atoms with van der Waals surface area (Å²) in [6.45, 7) is 3.52. The van der Waals surface area contributed by atoms with Gasteiger partial charge in [-0.25, -0.2) is 0 Å². The Labute approximate surface area is 97.5 Å². The lowest BCUT2D eigenvalue weighted by molar-refractivity contribution is -0.119. The number of pyridine rings is 1. The van der Waals surface area contributed by atoms with Crippen LogP contribution in [0.1, 0.15) is 25.3 Å². The van der Waals surface area contributed by atoms with E-state index >= 15 is 0 Å². The Morgan fingerprint density at radius 1 is 1.38 bits per heavy atom. The van der Waals surface area contributed by atoms with Crippen LogP contribution in [0.5, 0.6) is 0 Å². The summed E-state index contributed by atoms with van der Waals surface area (Å²) in [5, 5.41) is 0. The van der Waals surface area contributed by atoms with Gasteiger partial charge in [-0.05, 0) is 37.6 Å². The fourth-order valence-corrected chi connectivity index (χ4v) is 1.61. The van der Waals surface area contributed by atoms with E-state index in [9.17, 15) is 4.79 Å². The third-order valence-electron chi connectivity index (χ3n) is 2.51. The Bertz CT molecular complexity index is 311. The number of Topliss-reactive ketones (excluding diaryl/α,β-unsaturated/α-hetero) is 1. The Morgan fingerprint density at radius 2 is 2.06 bits per heavy atom. The minimum atomic E-state index is 0.333. The largest absolute Gasteiger partial charge is 0.299 e. The van der Waals surface area contributed by atoms with Crippen LogP contribution in [0.3, 0.4) is 0 Å². The van der Waals surface area contributed by atoms with Crippen LogP contribution in [-0.2, 0) is 11.2 Å². The lowest BCUT2D eigenvalue weighted by Gasteiger charge is -2.15. The molecule has 0 aliphatic carbocycles. The molecule has 0 radical (unpaired) electrons. The molecule has 1 aromatic heterocycles. The van der Waals surface area contributed by atoms with Gasteiger partial charge in [-0.2, -0.15) is 0 Å². The van der Waals surface area contributed by atoms with Crippen molar-refractivity contribution in [2.45, 2.75) is 26.2 Å². The molecule has 0 atom stereocenters. The molecule has 0 saturated carbocycles. The average molecular weight is 220 g/mol. The number of nitrogens with zero attached hydrogens (tertiary/aromatic N) is 2. The Kier molecular flexibility index (Phi) is 5.72. The monoisotopic (exact) mass is 220 g/mol. The van der Waals surface area contributed by atoms with Crippen molar-refractivity contribution in [2.24, 2.45) is 0 Å². The number of hydrogen-bond acceptors (Lipinski definition) is 3. The van der Waals surface area contributed by atoms with E-state index in [1.807, 2.05) is 26.1 Å². The van der Waals surface area contributed by atoms with Gasteiger partial charge in [-0.15, -0.1) is 0 Å². The predicted molar refractivity (Wildman–Crippen MR) is 65.4 cm³/mol. The maximum atomic E-state index is 11.4. The van der Waals surface area contributed by atoms with Crippen molar-refractivity contribution < 1.29 is 4.79 Å². The summed E-state index contributed by atoms with van der Waals surface area (Å²) in [7, 11) is 1.99. The fraction of sp³-hybridized carbons (Fsp3) is 0.538. The van der Waals surface area contributed by atoms with Gasteiger partial charge in [0.2, 0.25) is 0 Å². The van der Waals surface area contributed by atoms with E-state index < -0.39 is 0 Å². The first-order chi connectivity index (χ1) is 7.72. The summed E-state index contributed by atoms with van der Waals surface area (Å²) < 4.78 is 0. The maximum absolute atomic E-state index is 11.4. The highest BCUT2D eigenvalue weighted by Crippen LogP contribution is 1.99. The van der Waals surface area contributed by atoms with Crippen molar-refractivity contribution in [2.75, 3.05) is 20.1 Å². The summed E-state index contributed by atoms with van der Waals surface area (Å²) in [5.74, 6) is 0.333. The molecule has 1 aromatic rings. The minimum Gasteiger partial charge on any atom is -0.299 e. The molecule has 0 unspecified atom stereocenters. The zero-order valence-electron chi connectivity index (χ0n) is 10.1. The molecule has 1 rings (SSSR count). The van der Waals surface area contributed by atoms with Crippen molar-refractivity contribution in [1.82, 2.24) is 9.88 Å². The number of aromatic nitrogens is 1. The lowest BCUT2D eigenvalue weighted by Crippen LogP contribution is -2.27. The van der Waals surface area contributed by atoms with Gasteiger partial charge in [0.15, 0.2) is 0 Å². The molecule has 0 fully saturated rings. The highest BCUT2D eigenvalue weighted by Gasteiger charge is 2.05. The smallest absolute Gasteiger partial charge is 0.146 e. The standard InChI is InChI=1S/C13H20N2O/c1-3-4-13(16)11-15(2)10-7-12-5-8-14-9-6-12/h5-6,8-9H,3-4,7,10-11H2,1-2H3. The first-order valence-corrected chi connectivity index (χ1v) is 5.81. The van der Waals surface area contributed by atoms with E-state index in [2.05, 4.69) is 9.88 Å². The van der Waals surface area contributed by atoms with E-state index in [0.29, 0.717) is 18.7 Å². The highest BCUT2D eigenvalue weighted by atomic mass is 16.1. The SMILES string of the molecule is CCCC(=O)CN(C)CCc1ccncc1. The zero-order valence-corrected chi connectivity index (χ0v) is 10.1. The second kappa shape index (κ2) is 7.12. The molecular formula is C13H20N2O. The molecule has 88 valence electrons. The van der Waals surface area contributed by atoms with Crippen LogP contribution in [0.25, 0.3) is 0 Å². The number of carbonyl (C=O) groups is 1. The van der Waals surface area contributed by atoms with E-state index in [0.717, 1.165) is 19.4 Å². The molecule has 0 saturated heterocycles. The van der Waals surface area contributed by atoms with Crippen molar-refractivity contribution in [3.05, 3.63) is 30.1 Å². The van der Waals surface area contributed by atoms with Crippen LogP contribution in [0.4, 0.5) is 0 Å². The number of rotatable bonds is 7. The molecule has 0 aromatic carbocycles. The summed E-state index contributed by atoms with van der Waals surface area (Å²) in [4.78, 5) is 17.5. The summed E-state index contributed by atoms with van der Waals surface area (Å²) in [6.07, 6.45) is 6.21. The first-order valence-electron chi connectivity index (χ1n) is 5.81. The van der Waals surface area contributed by atoms with Gasteiger partial charge in [0.1, 0.15) is 5.78 Å².